The number of hydrogen-bond acceptors (Lipinski definition) is 4. The van der Waals surface area contributed by atoms with E-state index in [1.54, 1.807) is 13.1 Å². The average Bonchev–Trinajstić information content (AvgIpc) is 3.06. The Labute approximate surface area is 130 Å². The first kappa shape index (κ1) is 14.7. The van der Waals surface area contributed by atoms with Crippen LogP contribution < -0.4 is 0 Å². The summed E-state index contributed by atoms with van der Waals surface area (Å²) in [4.78, 5) is 22.4. The minimum absolute atomic E-state index is 0.159. The van der Waals surface area contributed by atoms with Gasteiger partial charge in [0.15, 0.2) is 0 Å². The Bertz CT molecular complexity index is 674. The number of nitrogens with zero attached hydrogens (tertiary/aromatic N) is 4. The van der Waals surface area contributed by atoms with E-state index in [0.29, 0.717) is 5.92 Å². The van der Waals surface area contributed by atoms with Crippen LogP contribution in [0.1, 0.15) is 30.4 Å². The van der Waals surface area contributed by atoms with Gasteiger partial charge in [0, 0.05) is 37.5 Å². The second-order valence-corrected chi connectivity index (χ2v) is 6.03. The third-order valence-corrected chi connectivity index (χ3v) is 4.30. The molecule has 0 aliphatic carbocycles. The fourth-order valence-corrected chi connectivity index (χ4v) is 3.13. The van der Waals surface area contributed by atoms with Gasteiger partial charge in [-0.05, 0) is 32.6 Å². The maximum Gasteiger partial charge on any atom is 0.219 e. The molecule has 2 aromatic heterocycles. The molecule has 1 atom stereocenters. The van der Waals surface area contributed by atoms with Crippen LogP contribution >= 0.6 is 0 Å². The maximum absolute atomic E-state index is 11.4. The van der Waals surface area contributed by atoms with Crippen molar-refractivity contribution in [1.82, 2.24) is 25.1 Å². The predicted molar refractivity (Wildman–Crippen MR) is 83.2 cm³/mol. The van der Waals surface area contributed by atoms with Crippen LogP contribution in [0.4, 0.5) is 0 Å². The van der Waals surface area contributed by atoms with Crippen molar-refractivity contribution in [2.75, 3.05) is 13.1 Å². The summed E-state index contributed by atoms with van der Waals surface area (Å²) in [6.45, 7) is 7.27. The van der Waals surface area contributed by atoms with E-state index in [2.05, 4.69) is 15.2 Å². The molecule has 0 saturated carbocycles. The lowest BCUT2D eigenvalue weighted by Gasteiger charge is -2.13. The van der Waals surface area contributed by atoms with Gasteiger partial charge in [-0.1, -0.05) is 0 Å². The molecule has 1 N–H and O–H groups in total. The van der Waals surface area contributed by atoms with Crippen LogP contribution in [0.3, 0.4) is 0 Å². The van der Waals surface area contributed by atoms with Crippen molar-refractivity contribution in [2.45, 2.75) is 33.6 Å². The highest BCUT2D eigenvalue weighted by atomic mass is 16.2. The third kappa shape index (κ3) is 2.86. The lowest BCUT2D eigenvalue weighted by Crippen LogP contribution is -2.26. The Morgan fingerprint density at radius 1 is 1.41 bits per heavy atom. The molecule has 116 valence electrons. The molecule has 0 radical (unpaired) electrons. The number of rotatable bonds is 3. The molecule has 1 amide bonds. The van der Waals surface area contributed by atoms with E-state index < -0.39 is 0 Å². The van der Waals surface area contributed by atoms with Crippen molar-refractivity contribution >= 4 is 5.91 Å². The van der Waals surface area contributed by atoms with Crippen molar-refractivity contribution in [3.8, 4) is 11.3 Å². The summed E-state index contributed by atoms with van der Waals surface area (Å²) >= 11 is 0. The van der Waals surface area contributed by atoms with Gasteiger partial charge in [0.05, 0.1) is 23.3 Å². The van der Waals surface area contributed by atoms with Crippen LogP contribution in [0.2, 0.25) is 0 Å². The molecule has 1 fully saturated rings. The Kier molecular flexibility index (Phi) is 3.92. The Balaban J connectivity index is 1.77. The minimum Gasteiger partial charge on any atom is -0.343 e. The van der Waals surface area contributed by atoms with Crippen molar-refractivity contribution in [3.63, 3.8) is 0 Å². The molecule has 0 unspecified atom stereocenters. The van der Waals surface area contributed by atoms with Gasteiger partial charge in [0.1, 0.15) is 0 Å². The molecule has 6 nitrogen and oxygen atoms in total. The number of hydrogen-bond donors (Lipinski definition) is 1. The first-order chi connectivity index (χ1) is 10.5. The van der Waals surface area contributed by atoms with Crippen LogP contribution in [0.15, 0.2) is 12.4 Å². The largest absolute Gasteiger partial charge is 0.343 e. The van der Waals surface area contributed by atoms with Gasteiger partial charge in [-0.15, -0.1) is 0 Å². The summed E-state index contributed by atoms with van der Waals surface area (Å²) in [7, 11) is 0. The molecule has 6 heteroatoms. The fourth-order valence-electron chi connectivity index (χ4n) is 3.13. The van der Waals surface area contributed by atoms with E-state index in [1.807, 2.05) is 24.9 Å². The van der Waals surface area contributed by atoms with Crippen LogP contribution in [0, 0.1) is 19.8 Å². The number of carbonyl (C=O) groups is 1. The number of aromatic amines is 1. The smallest absolute Gasteiger partial charge is 0.219 e. The zero-order valence-electron chi connectivity index (χ0n) is 13.3. The quantitative estimate of drug-likeness (QED) is 0.939. The topological polar surface area (TPSA) is 74.8 Å². The van der Waals surface area contributed by atoms with Gasteiger partial charge < -0.3 is 4.90 Å². The number of nitrogens with one attached hydrogen (secondary N) is 1. The Morgan fingerprint density at radius 2 is 2.23 bits per heavy atom. The number of H-pyrrole nitrogens is 1. The van der Waals surface area contributed by atoms with Crippen molar-refractivity contribution in [3.05, 3.63) is 29.5 Å². The van der Waals surface area contributed by atoms with Crippen LogP contribution in [0.25, 0.3) is 11.3 Å². The minimum atomic E-state index is 0.159. The molecule has 1 aliphatic heterocycles. The van der Waals surface area contributed by atoms with E-state index in [4.69, 9.17) is 4.98 Å². The summed E-state index contributed by atoms with van der Waals surface area (Å²) in [6.07, 6.45) is 5.51. The number of aromatic nitrogens is 4. The van der Waals surface area contributed by atoms with Gasteiger partial charge in [-0.2, -0.15) is 5.10 Å². The van der Waals surface area contributed by atoms with E-state index in [1.165, 1.54) is 0 Å². The highest BCUT2D eigenvalue weighted by molar-refractivity contribution is 5.73. The molecule has 22 heavy (non-hydrogen) atoms. The molecule has 0 spiro atoms. The molecule has 0 bridgehead atoms. The Hall–Kier alpha value is -2.24. The average molecular weight is 299 g/mol. The van der Waals surface area contributed by atoms with Gasteiger partial charge in [0.2, 0.25) is 5.91 Å². The Morgan fingerprint density at radius 3 is 2.86 bits per heavy atom. The lowest BCUT2D eigenvalue weighted by atomic mass is 10.0. The number of carbonyl (C=O) groups excluding carboxylic acids is 1. The SMILES string of the molecule is CC(=O)N1CC[C@@H](Cc2cncc(-c3c(C)n[nH]c3C)n2)C1. The lowest BCUT2D eigenvalue weighted by molar-refractivity contribution is -0.127. The number of likely N-dealkylation sites (tertiary alicyclic amines) is 1. The normalized spacial score (nSPS) is 18.0. The molecular formula is C16H21N5O. The van der Waals surface area contributed by atoms with Gasteiger partial charge in [-0.25, -0.2) is 4.98 Å². The summed E-state index contributed by atoms with van der Waals surface area (Å²) in [5.41, 5.74) is 4.82. The molecule has 1 aliphatic rings. The van der Waals surface area contributed by atoms with E-state index in [-0.39, 0.29) is 5.91 Å². The van der Waals surface area contributed by atoms with E-state index >= 15 is 0 Å². The zero-order valence-corrected chi connectivity index (χ0v) is 13.3. The van der Waals surface area contributed by atoms with E-state index in [0.717, 1.165) is 54.3 Å². The monoisotopic (exact) mass is 299 g/mol. The zero-order chi connectivity index (χ0) is 15.7. The molecule has 1 saturated heterocycles. The molecule has 2 aromatic rings. The fraction of sp³-hybridized carbons (Fsp3) is 0.500. The molecule has 0 aromatic carbocycles. The number of amides is 1. The second-order valence-electron chi connectivity index (χ2n) is 6.03. The summed E-state index contributed by atoms with van der Waals surface area (Å²) < 4.78 is 0. The highest BCUT2D eigenvalue weighted by Crippen LogP contribution is 2.24. The van der Waals surface area contributed by atoms with E-state index in [9.17, 15) is 4.79 Å². The standard InChI is InChI=1S/C16H21N5O/c1-10-16(11(2)20-19-10)15-8-17-7-14(18-15)6-13-4-5-21(9-13)12(3)22/h7-8,13H,4-6,9H2,1-3H3,(H,19,20)/t13-/m0/s1. The van der Waals surface area contributed by atoms with Crippen molar-refractivity contribution in [1.29, 1.82) is 0 Å². The van der Waals surface area contributed by atoms with Crippen LogP contribution in [0.5, 0.6) is 0 Å². The number of aryl methyl sites for hydroxylation is 2. The summed E-state index contributed by atoms with van der Waals surface area (Å²) in [5, 5.41) is 7.20. The molecule has 3 rings (SSSR count). The van der Waals surface area contributed by atoms with Gasteiger partial charge in [-0.3, -0.25) is 14.9 Å². The molecular weight excluding hydrogens is 278 g/mol. The van der Waals surface area contributed by atoms with Crippen LogP contribution in [-0.2, 0) is 11.2 Å². The maximum atomic E-state index is 11.4. The first-order valence-corrected chi connectivity index (χ1v) is 7.63. The summed E-state index contributed by atoms with van der Waals surface area (Å²) in [5.74, 6) is 0.631. The first-order valence-electron chi connectivity index (χ1n) is 7.63. The molecule has 3 heterocycles. The van der Waals surface area contributed by atoms with Crippen LogP contribution in [-0.4, -0.2) is 44.1 Å². The second kappa shape index (κ2) is 5.87. The predicted octanol–water partition coefficient (Wildman–Crippen LogP) is 1.89. The van der Waals surface area contributed by atoms with Gasteiger partial charge >= 0.3 is 0 Å². The van der Waals surface area contributed by atoms with Crippen molar-refractivity contribution < 1.29 is 4.79 Å². The van der Waals surface area contributed by atoms with Crippen molar-refractivity contribution in [2.24, 2.45) is 5.92 Å². The highest BCUT2D eigenvalue weighted by Gasteiger charge is 2.24. The van der Waals surface area contributed by atoms with Gasteiger partial charge in [0.25, 0.3) is 0 Å². The third-order valence-electron chi connectivity index (χ3n) is 4.30. The summed E-state index contributed by atoms with van der Waals surface area (Å²) in [6, 6.07) is 0.